The Morgan fingerprint density at radius 2 is 2.28 bits per heavy atom. The van der Waals surface area contributed by atoms with Gasteiger partial charge in [0.2, 0.25) is 0 Å². The number of nitrogens with zero attached hydrogens (tertiary/aromatic N) is 3. The maximum Gasteiger partial charge on any atom is 0.360 e. The predicted octanol–water partition coefficient (Wildman–Crippen LogP) is 1.07. The smallest absolute Gasteiger partial charge is 0.360 e. The van der Waals surface area contributed by atoms with Crippen molar-refractivity contribution in [2.24, 2.45) is 0 Å². The lowest BCUT2D eigenvalue weighted by molar-refractivity contribution is 0.0595. The number of esters is 1. The van der Waals surface area contributed by atoms with Crippen LogP contribution in [0.4, 0.5) is 14.6 Å². The molecular formula is C10H10F2N4O2. The molecule has 0 aliphatic carbocycles. The number of rotatable bonds is 3. The second kappa shape index (κ2) is 4.55. The first-order valence-electron chi connectivity index (χ1n) is 5.01. The molecule has 0 spiro atoms. The number of carbonyl (C=O) groups excluding carboxylic acids is 1. The minimum Gasteiger partial charge on any atom is -0.464 e. The van der Waals surface area contributed by atoms with Gasteiger partial charge in [-0.1, -0.05) is 0 Å². The van der Waals surface area contributed by atoms with E-state index < -0.39 is 18.9 Å². The normalized spacial score (nSPS) is 11.1. The summed E-state index contributed by atoms with van der Waals surface area (Å²) >= 11 is 0. The topological polar surface area (TPSA) is 83.0 Å². The van der Waals surface area contributed by atoms with Crippen LogP contribution >= 0.6 is 0 Å². The highest BCUT2D eigenvalue weighted by Crippen LogP contribution is 2.17. The molecule has 18 heavy (non-hydrogen) atoms. The molecule has 2 aromatic rings. The molecule has 0 saturated carbocycles. The Kier molecular flexibility index (Phi) is 3.09. The van der Waals surface area contributed by atoms with Crippen LogP contribution in [-0.2, 0) is 11.3 Å². The molecular weight excluding hydrogens is 246 g/mol. The van der Waals surface area contributed by atoms with E-state index >= 15 is 0 Å². The SMILES string of the molecule is COC(=O)c1nc2ccn(CC(F)F)c2nc1N. The van der Waals surface area contributed by atoms with E-state index in [0.29, 0.717) is 5.52 Å². The zero-order valence-electron chi connectivity index (χ0n) is 9.43. The van der Waals surface area contributed by atoms with Crippen molar-refractivity contribution in [1.29, 1.82) is 0 Å². The molecule has 2 heterocycles. The number of nitrogens with two attached hydrogens (primary N) is 1. The summed E-state index contributed by atoms with van der Waals surface area (Å²) in [6.45, 7) is -0.505. The van der Waals surface area contributed by atoms with E-state index in [0.717, 1.165) is 0 Å². The lowest BCUT2D eigenvalue weighted by atomic mass is 10.4. The number of fused-ring (bicyclic) bond motifs is 1. The van der Waals surface area contributed by atoms with Gasteiger partial charge in [0.1, 0.15) is 5.52 Å². The molecule has 96 valence electrons. The van der Waals surface area contributed by atoms with Crippen LogP contribution < -0.4 is 5.73 Å². The Labute approximate surface area is 100 Å². The highest BCUT2D eigenvalue weighted by atomic mass is 19.3. The second-order valence-corrected chi connectivity index (χ2v) is 3.52. The van der Waals surface area contributed by atoms with Gasteiger partial charge in [0.25, 0.3) is 6.43 Å². The minimum atomic E-state index is -2.51. The van der Waals surface area contributed by atoms with Crippen molar-refractivity contribution >= 4 is 23.0 Å². The van der Waals surface area contributed by atoms with Gasteiger partial charge in [0.15, 0.2) is 17.2 Å². The van der Waals surface area contributed by atoms with Crippen molar-refractivity contribution in [2.45, 2.75) is 13.0 Å². The highest BCUT2D eigenvalue weighted by Gasteiger charge is 2.17. The summed E-state index contributed by atoms with van der Waals surface area (Å²) in [7, 11) is 1.19. The van der Waals surface area contributed by atoms with Crippen molar-refractivity contribution in [3.8, 4) is 0 Å². The van der Waals surface area contributed by atoms with Gasteiger partial charge in [-0.15, -0.1) is 0 Å². The van der Waals surface area contributed by atoms with Crippen LogP contribution in [0.2, 0.25) is 0 Å². The van der Waals surface area contributed by atoms with Gasteiger partial charge >= 0.3 is 5.97 Å². The van der Waals surface area contributed by atoms with E-state index in [1.54, 1.807) is 0 Å². The first-order chi connectivity index (χ1) is 8.52. The molecule has 0 saturated heterocycles. The van der Waals surface area contributed by atoms with Crippen molar-refractivity contribution < 1.29 is 18.3 Å². The molecule has 0 aliphatic rings. The summed E-state index contributed by atoms with van der Waals surface area (Å²) in [5.74, 6) is -0.868. The molecule has 0 bridgehead atoms. The summed E-state index contributed by atoms with van der Waals surface area (Å²) in [5, 5.41) is 0. The average Bonchev–Trinajstić information content (AvgIpc) is 2.69. The first-order valence-corrected chi connectivity index (χ1v) is 5.01. The van der Waals surface area contributed by atoms with Crippen LogP contribution in [0.3, 0.4) is 0 Å². The molecule has 0 unspecified atom stereocenters. The van der Waals surface area contributed by atoms with E-state index in [9.17, 15) is 13.6 Å². The van der Waals surface area contributed by atoms with Gasteiger partial charge in [-0.2, -0.15) is 0 Å². The zero-order chi connectivity index (χ0) is 13.3. The number of hydrogen-bond acceptors (Lipinski definition) is 5. The summed E-state index contributed by atoms with van der Waals surface area (Å²) in [6, 6.07) is 1.48. The Balaban J connectivity index is 2.52. The fraction of sp³-hybridized carbons (Fsp3) is 0.300. The molecule has 8 heteroatoms. The van der Waals surface area contributed by atoms with E-state index in [1.165, 1.54) is 23.9 Å². The zero-order valence-corrected chi connectivity index (χ0v) is 9.43. The lowest BCUT2D eigenvalue weighted by Crippen LogP contribution is -2.12. The van der Waals surface area contributed by atoms with Crippen LogP contribution in [0.15, 0.2) is 12.3 Å². The fourth-order valence-electron chi connectivity index (χ4n) is 1.55. The summed E-state index contributed by atoms with van der Waals surface area (Å²) in [6.07, 6.45) is -1.10. The number of aromatic nitrogens is 3. The summed E-state index contributed by atoms with van der Waals surface area (Å²) in [5.41, 5.74) is 5.94. The Bertz CT molecular complexity index is 597. The van der Waals surface area contributed by atoms with Gasteiger partial charge in [-0.3, -0.25) is 0 Å². The molecule has 6 nitrogen and oxygen atoms in total. The second-order valence-electron chi connectivity index (χ2n) is 3.52. The van der Waals surface area contributed by atoms with Crippen molar-refractivity contribution in [1.82, 2.24) is 14.5 Å². The standard InChI is InChI=1S/C10H10F2N4O2/c1-18-10(17)7-8(13)15-9-5(14-7)2-3-16(9)4-6(11)12/h2-3,6H,4H2,1H3,(H2,13,15). The molecule has 0 aliphatic heterocycles. The van der Waals surface area contributed by atoms with Crippen LogP contribution in [0.1, 0.15) is 10.5 Å². The number of methoxy groups -OCH3 is 1. The highest BCUT2D eigenvalue weighted by molar-refractivity contribution is 5.94. The van der Waals surface area contributed by atoms with Gasteiger partial charge in [-0.25, -0.2) is 23.5 Å². The molecule has 0 amide bonds. The molecule has 2 aromatic heterocycles. The number of carbonyl (C=O) groups is 1. The van der Waals surface area contributed by atoms with E-state index in [1.807, 2.05) is 0 Å². The average molecular weight is 256 g/mol. The maximum absolute atomic E-state index is 12.3. The first kappa shape index (κ1) is 12.2. The van der Waals surface area contributed by atoms with Gasteiger partial charge in [0.05, 0.1) is 13.7 Å². The van der Waals surface area contributed by atoms with Gasteiger partial charge < -0.3 is 15.0 Å². The molecule has 0 atom stereocenters. The Morgan fingerprint density at radius 3 is 2.89 bits per heavy atom. The monoisotopic (exact) mass is 256 g/mol. The van der Waals surface area contributed by atoms with Crippen molar-refractivity contribution in [3.05, 3.63) is 18.0 Å². The third kappa shape index (κ3) is 2.08. The van der Waals surface area contributed by atoms with E-state index in [4.69, 9.17) is 5.73 Å². The Morgan fingerprint density at radius 1 is 1.56 bits per heavy atom. The van der Waals surface area contributed by atoms with E-state index in [2.05, 4.69) is 14.7 Å². The maximum atomic E-state index is 12.3. The molecule has 2 rings (SSSR count). The summed E-state index contributed by atoms with van der Waals surface area (Å²) < 4.78 is 30.3. The number of hydrogen-bond donors (Lipinski definition) is 1. The number of halogens is 2. The fourth-order valence-corrected chi connectivity index (χ4v) is 1.55. The van der Waals surface area contributed by atoms with Gasteiger partial charge in [-0.05, 0) is 6.07 Å². The lowest BCUT2D eigenvalue weighted by Gasteiger charge is -2.05. The van der Waals surface area contributed by atoms with Crippen molar-refractivity contribution in [2.75, 3.05) is 12.8 Å². The number of nitrogen functional groups attached to an aromatic ring is 1. The number of alkyl halides is 2. The minimum absolute atomic E-state index is 0.125. The molecule has 0 fully saturated rings. The largest absolute Gasteiger partial charge is 0.464 e. The van der Waals surface area contributed by atoms with E-state index in [-0.39, 0.29) is 17.2 Å². The van der Waals surface area contributed by atoms with Crippen LogP contribution in [0.5, 0.6) is 0 Å². The molecule has 0 radical (unpaired) electrons. The van der Waals surface area contributed by atoms with Crippen LogP contribution in [-0.4, -0.2) is 34.0 Å². The number of ether oxygens (including phenoxy) is 1. The summed E-state index contributed by atoms with van der Waals surface area (Å²) in [4.78, 5) is 19.2. The van der Waals surface area contributed by atoms with Crippen LogP contribution in [0, 0.1) is 0 Å². The predicted molar refractivity (Wildman–Crippen MR) is 59.3 cm³/mol. The molecule has 0 aromatic carbocycles. The molecule has 2 N–H and O–H groups in total. The van der Waals surface area contributed by atoms with Crippen molar-refractivity contribution in [3.63, 3.8) is 0 Å². The Hall–Kier alpha value is -2.25. The third-order valence-electron chi connectivity index (χ3n) is 2.33. The van der Waals surface area contributed by atoms with Gasteiger partial charge in [0, 0.05) is 6.20 Å². The number of anilines is 1. The third-order valence-corrected chi connectivity index (χ3v) is 2.33. The quantitative estimate of drug-likeness (QED) is 0.830. The van der Waals surface area contributed by atoms with Crippen LogP contribution in [0.25, 0.3) is 11.2 Å².